The SMILES string of the molecule is CCc1ccc(C(NC)c2ccc3cccnc3c2)s1. The third-order valence-electron chi connectivity index (χ3n) is 3.57. The monoisotopic (exact) mass is 282 g/mol. The zero-order valence-corrected chi connectivity index (χ0v) is 12.6. The summed E-state index contributed by atoms with van der Waals surface area (Å²) in [6.07, 6.45) is 2.95. The lowest BCUT2D eigenvalue weighted by molar-refractivity contribution is 0.704. The van der Waals surface area contributed by atoms with E-state index in [0.717, 1.165) is 11.9 Å². The molecule has 0 amide bonds. The Balaban J connectivity index is 2.02. The zero-order valence-electron chi connectivity index (χ0n) is 11.8. The second-order valence-electron chi connectivity index (χ2n) is 4.83. The molecule has 1 N–H and O–H groups in total. The molecule has 0 aliphatic heterocycles. The molecule has 0 saturated carbocycles. The first-order valence-corrected chi connectivity index (χ1v) is 7.74. The summed E-state index contributed by atoms with van der Waals surface area (Å²) in [7, 11) is 2.01. The van der Waals surface area contributed by atoms with E-state index in [1.165, 1.54) is 20.7 Å². The van der Waals surface area contributed by atoms with Crippen LogP contribution in [0.25, 0.3) is 10.9 Å². The van der Waals surface area contributed by atoms with Gasteiger partial charge in [0.25, 0.3) is 0 Å². The number of rotatable bonds is 4. The molecule has 0 radical (unpaired) electrons. The van der Waals surface area contributed by atoms with Gasteiger partial charge in [-0.3, -0.25) is 4.98 Å². The van der Waals surface area contributed by atoms with Crippen LogP contribution in [0.2, 0.25) is 0 Å². The maximum Gasteiger partial charge on any atom is 0.0705 e. The highest BCUT2D eigenvalue weighted by molar-refractivity contribution is 7.12. The number of benzene rings is 1. The van der Waals surface area contributed by atoms with E-state index in [9.17, 15) is 0 Å². The molecule has 0 bridgehead atoms. The van der Waals surface area contributed by atoms with E-state index in [1.54, 1.807) is 0 Å². The van der Waals surface area contributed by atoms with Crippen LogP contribution in [-0.2, 0) is 6.42 Å². The van der Waals surface area contributed by atoms with Crippen molar-refractivity contribution in [3.8, 4) is 0 Å². The molecule has 1 unspecified atom stereocenters. The molecule has 20 heavy (non-hydrogen) atoms. The number of aryl methyl sites for hydroxylation is 1. The van der Waals surface area contributed by atoms with E-state index in [0.29, 0.717) is 0 Å². The Kier molecular flexibility index (Phi) is 3.81. The van der Waals surface area contributed by atoms with Gasteiger partial charge in [0, 0.05) is 21.3 Å². The van der Waals surface area contributed by atoms with Crippen molar-refractivity contribution in [2.75, 3.05) is 7.05 Å². The van der Waals surface area contributed by atoms with E-state index in [1.807, 2.05) is 30.6 Å². The third kappa shape index (κ3) is 2.47. The quantitative estimate of drug-likeness (QED) is 0.777. The summed E-state index contributed by atoms with van der Waals surface area (Å²) < 4.78 is 0. The van der Waals surface area contributed by atoms with Gasteiger partial charge in [-0.2, -0.15) is 0 Å². The molecule has 2 aromatic heterocycles. The Morgan fingerprint density at radius 3 is 2.85 bits per heavy atom. The number of hydrogen-bond donors (Lipinski definition) is 1. The lowest BCUT2D eigenvalue weighted by Gasteiger charge is -2.15. The van der Waals surface area contributed by atoms with Gasteiger partial charge in [-0.1, -0.05) is 25.1 Å². The largest absolute Gasteiger partial charge is 0.309 e. The van der Waals surface area contributed by atoms with Crippen molar-refractivity contribution in [2.45, 2.75) is 19.4 Å². The Hall–Kier alpha value is -1.71. The van der Waals surface area contributed by atoms with Crippen molar-refractivity contribution >= 4 is 22.2 Å². The molecule has 0 aliphatic carbocycles. The molecule has 3 aromatic rings. The summed E-state index contributed by atoms with van der Waals surface area (Å²) in [4.78, 5) is 7.24. The number of nitrogens with one attached hydrogen (secondary N) is 1. The number of pyridine rings is 1. The van der Waals surface area contributed by atoms with Crippen LogP contribution in [0.15, 0.2) is 48.7 Å². The first kappa shape index (κ1) is 13.3. The van der Waals surface area contributed by atoms with Crippen molar-refractivity contribution in [1.29, 1.82) is 0 Å². The van der Waals surface area contributed by atoms with Gasteiger partial charge in [0.2, 0.25) is 0 Å². The summed E-state index contributed by atoms with van der Waals surface area (Å²) >= 11 is 1.88. The molecular weight excluding hydrogens is 264 g/mol. The number of aromatic nitrogens is 1. The highest BCUT2D eigenvalue weighted by Crippen LogP contribution is 2.29. The van der Waals surface area contributed by atoms with Crippen LogP contribution in [0.3, 0.4) is 0 Å². The van der Waals surface area contributed by atoms with Gasteiger partial charge in [0.15, 0.2) is 0 Å². The minimum Gasteiger partial charge on any atom is -0.309 e. The number of hydrogen-bond acceptors (Lipinski definition) is 3. The van der Waals surface area contributed by atoms with Crippen molar-refractivity contribution in [2.24, 2.45) is 0 Å². The predicted octanol–water partition coefficient (Wildman–Crippen LogP) is 4.17. The Morgan fingerprint density at radius 2 is 2.10 bits per heavy atom. The molecule has 2 heterocycles. The third-order valence-corrected chi connectivity index (χ3v) is 4.86. The van der Waals surface area contributed by atoms with E-state index in [4.69, 9.17) is 0 Å². The lowest BCUT2D eigenvalue weighted by Crippen LogP contribution is -2.16. The standard InChI is InChI=1S/C17H18N2S/c1-3-14-8-9-16(20-14)17(18-2)13-7-6-12-5-4-10-19-15(12)11-13/h4-11,17-18H,3H2,1-2H3. The van der Waals surface area contributed by atoms with Gasteiger partial charge in [-0.15, -0.1) is 11.3 Å². The van der Waals surface area contributed by atoms with E-state index in [-0.39, 0.29) is 6.04 Å². The highest BCUT2D eigenvalue weighted by atomic mass is 32.1. The van der Waals surface area contributed by atoms with Gasteiger partial charge in [-0.25, -0.2) is 0 Å². The van der Waals surface area contributed by atoms with E-state index < -0.39 is 0 Å². The maximum atomic E-state index is 4.45. The minimum atomic E-state index is 0.242. The summed E-state index contributed by atoms with van der Waals surface area (Å²) in [5.74, 6) is 0. The maximum absolute atomic E-state index is 4.45. The summed E-state index contributed by atoms with van der Waals surface area (Å²) in [5, 5.41) is 4.61. The normalized spacial score (nSPS) is 12.7. The molecule has 0 spiro atoms. The van der Waals surface area contributed by atoms with Gasteiger partial charge < -0.3 is 5.32 Å². The fraction of sp³-hybridized carbons (Fsp3) is 0.235. The highest BCUT2D eigenvalue weighted by Gasteiger charge is 2.14. The molecule has 1 atom stereocenters. The smallest absolute Gasteiger partial charge is 0.0705 e. The van der Waals surface area contributed by atoms with Crippen LogP contribution in [0, 0.1) is 0 Å². The van der Waals surface area contributed by atoms with E-state index >= 15 is 0 Å². The first-order chi connectivity index (χ1) is 9.81. The van der Waals surface area contributed by atoms with Gasteiger partial charge in [0.05, 0.1) is 11.6 Å². The number of nitrogens with zero attached hydrogens (tertiary/aromatic N) is 1. The molecule has 1 aromatic carbocycles. The molecule has 3 heteroatoms. The van der Waals surface area contributed by atoms with Crippen molar-refractivity contribution < 1.29 is 0 Å². The van der Waals surface area contributed by atoms with Crippen LogP contribution in [-0.4, -0.2) is 12.0 Å². The average Bonchev–Trinajstić information content (AvgIpc) is 2.97. The van der Waals surface area contributed by atoms with Crippen LogP contribution in [0.5, 0.6) is 0 Å². The van der Waals surface area contributed by atoms with Gasteiger partial charge in [-0.05, 0) is 43.3 Å². The average molecular weight is 282 g/mol. The van der Waals surface area contributed by atoms with Gasteiger partial charge >= 0.3 is 0 Å². The van der Waals surface area contributed by atoms with Crippen LogP contribution >= 0.6 is 11.3 Å². The van der Waals surface area contributed by atoms with Crippen molar-refractivity contribution in [1.82, 2.24) is 10.3 Å². The minimum absolute atomic E-state index is 0.242. The van der Waals surface area contributed by atoms with Crippen LogP contribution in [0.1, 0.15) is 28.3 Å². The second-order valence-corrected chi connectivity index (χ2v) is 6.03. The first-order valence-electron chi connectivity index (χ1n) is 6.92. The molecule has 0 saturated heterocycles. The van der Waals surface area contributed by atoms with Crippen molar-refractivity contribution in [3.05, 3.63) is 64.0 Å². The van der Waals surface area contributed by atoms with Crippen LogP contribution < -0.4 is 5.32 Å². The van der Waals surface area contributed by atoms with Gasteiger partial charge in [0.1, 0.15) is 0 Å². The molecular formula is C17H18N2S. The van der Waals surface area contributed by atoms with E-state index in [2.05, 4.69) is 53.6 Å². The fourth-order valence-corrected chi connectivity index (χ4v) is 3.57. The lowest BCUT2D eigenvalue weighted by atomic mass is 10.0. The fourth-order valence-electron chi connectivity index (χ4n) is 2.48. The van der Waals surface area contributed by atoms with Crippen molar-refractivity contribution in [3.63, 3.8) is 0 Å². The Morgan fingerprint density at radius 1 is 1.20 bits per heavy atom. The summed E-state index contributed by atoms with van der Waals surface area (Å²) in [6.45, 7) is 2.20. The topological polar surface area (TPSA) is 24.9 Å². The predicted molar refractivity (Wildman–Crippen MR) is 86.3 cm³/mol. The number of thiophene rings is 1. The molecule has 2 nitrogen and oxygen atoms in total. The summed E-state index contributed by atoms with van der Waals surface area (Å²) in [5.41, 5.74) is 2.32. The molecule has 102 valence electrons. The second kappa shape index (κ2) is 5.73. The molecule has 0 fully saturated rings. The zero-order chi connectivity index (χ0) is 13.9. The Labute approximate surface area is 123 Å². The number of fused-ring (bicyclic) bond motifs is 1. The molecule has 0 aliphatic rings. The van der Waals surface area contributed by atoms with Crippen LogP contribution in [0.4, 0.5) is 0 Å². The Bertz CT molecular complexity index is 718. The molecule has 3 rings (SSSR count). The summed E-state index contributed by atoms with van der Waals surface area (Å²) in [6, 6.07) is 15.3.